The zero-order valence-corrected chi connectivity index (χ0v) is 18.3. The maximum atomic E-state index is 6.24. The molecule has 0 saturated heterocycles. The fourth-order valence-electron chi connectivity index (χ4n) is 3.32. The lowest BCUT2D eigenvalue weighted by Crippen LogP contribution is -2.33. The maximum absolute atomic E-state index is 6.24. The van der Waals surface area contributed by atoms with E-state index in [1.165, 1.54) is 38.5 Å². The van der Waals surface area contributed by atoms with Crippen LogP contribution in [0.25, 0.3) is 0 Å². The Hall–Kier alpha value is -2.22. The van der Waals surface area contributed by atoms with Crippen molar-refractivity contribution in [1.29, 1.82) is 0 Å². The molecule has 0 saturated carbocycles. The number of imidazole rings is 1. The molecule has 0 fully saturated rings. The van der Waals surface area contributed by atoms with Gasteiger partial charge in [0.25, 0.3) is 0 Å². The van der Waals surface area contributed by atoms with Gasteiger partial charge in [0.15, 0.2) is 11.5 Å². The van der Waals surface area contributed by atoms with Gasteiger partial charge in [-0.2, -0.15) is 5.10 Å². The van der Waals surface area contributed by atoms with Crippen LogP contribution in [0.1, 0.15) is 71.6 Å². The van der Waals surface area contributed by atoms with Gasteiger partial charge >= 0.3 is 5.95 Å². The van der Waals surface area contributed by atoms with Crippen molar-refractivity contribution in [2.45, 2.75) is 91.3 Å². The Bertz CT molecular complexity index is 731. The van der Waals surface area contributed by atoms with Crippen molar-refractivity contribution in [3.05, 3.63) is 18.6 Å². The lowest BCUT2D eigenvalue weighted by Gasteiger charge is -2.03. The summed E-state index contributed by atoms with van der Waals surface area (Å²) < 4.78 is 6.11. The summed E-state index contributed by atoms with van der Waals surface area (Å²) in [7, 11) is 0. The monoisotopic (exact) mass is 403 g/mol. The topological polar surface area (TPSA) is 103 Å². The largest absolute Gasteiger partial charge is 0.421 e. The summed E-state index contributed by atoms with van der Waals surface area (Å²) in [5.41, 5.74) is 12.6. The Morgan fingerprint density at radius 2 is 1.69 bits per heavy atom. The van der Waals surface area contributed by atoms with E-state index in [1.54, 1.807) is 6.20 Å². The molecule has 2 aromatic heterocycles. The summed E-state index contributed by atoms with van der Waals surface area (Å²) >= 11 is 0. The first-order valence-corrected chi connectivity index (χ1v) is 11.2. The second kappa shape index (κ2) is 13.1. The molecule has 0 aliphatic carbocycles. The molecule has 0 bridgehead atoms. The minimum Gasteiger partial charge on any atom is -0.382 e. The molecule has 29 heavy (non-hydrogen) atoms. The van der Waals surface area contributed by atoms with Crippen LogP contribution in [0.3, 0.4) is 0 Å². The number of hydrogen-bond donors (Lipinski definition) is 2. The molecule has 0 unspecified atom stereocenters. The van der Waals surface area contributed by atoms with Crippen molar-refractivity contribution in [2.75, 3.05) is 12.3 Å². The molecule has 2 rings (SSSR count). The fourth-order valence-corrected chi connectivity index (χ4v) is 3.32. The molecule has 162 valence electrons. The van der Waals surface area contributed by atoms with Gasteiger partial charge in [0.2, 0.25) is 0 Å². The van der Waals surface area contributed by atoms with Crippen LogP contribution in [-0.2, 0) is 19.6 Å². The highest BCUT2D eigenvalue weighted by molar-refractivity contribution is 5.56. The van der Waals surface area contributed by atoms with Crippen LogP contribution in [0.15, 0.2) is 28.8 Å². The third-order valence-electron chi connectivity index (χ3n) is 5.13. The number of unbranched alkanes of at least 4 members (excludes halogenated alkanes) is 6. The molecule has 0 aliphatic heterocycles. The summed E-state index contributed by atoms with van der Waals surface area (Å²) in [6.07, 6.45) is 16.3. The molecule has 4 N–H and O–H groups in total. The second-order valence-electron chi connectivity index (χ2n) is 7.59. The number of anilines is 1. The van der Waals surface area contributed by atoms with Gasteiger partial charge in [0.1, 0.15) is 0 Å². The third kappa shape index (κ3) is 7.27. The van der Waals surface area contributed by atoms with E-state index in [1.807, 2.05) is 4.68 Å². The first-order chi connectivity index (χ1) is 14.2. The molecular formula is C21H39N8+. The highest BCUT2D eigenvalue weighted by atomic mass is 15.3. The minimum absolute atomic E-state index is 0.583. The van der Waals surface area contributed by atoms with Gasteiger partial charge in [-0.25, -0.2) is 13.8 Å². The minimum atomic E-state index is 0.583. The third-order valence-corrected chi connectivity index (χ3v) is 5.13. The number of hydrogen-bond acceptors (Lipinski definition) is 5. The number of nitrogen functional groups attached to an aromatic ring is 1. The van der Waals surface area contributed by atoms with E-state index >= 15 is 0 Å². The van der Waals surface area contributed by atoms with E-state index < -0.39 is 0 Å². The average molecular weight is 404 g/mol. The number of azo groups is 1. The van der Waals surface area contributed by atoms with Gasteiger partial charge in [0.05, 0.1) is 31.7 Å². The van der Waals surface area contributed by atoms with Crippen molar-refractivity contribution < 1.29 is 4.57 Å². The van der Waals surface area contributed by atoms with Gasteiger partial charge in [-0.1, -0.05) is 57.5 Å². The first-order valence-electron chi connectivity index (χ1n) is 11.2. The van der Waals surface area contributed by atoms with Crippen molar-refractivity contribution in [3.63, 3.8) is 0 Å². The summed E-state index contributed by atoms with van der Waals surface area (Å²) in [6, 6.07) is 0. The normalized spacial score (nSPS) is 11.7. The van der Waals surface area contributed by atoms with E-state index in [-0.39, 0.29) is 0 Å². The van der Waals surface area contributed by atoms with E-state index in [4.69, 9.17) is 11.5 Å². The van der Waals surface area contributed by atoms with Gasteiger partial charge in [-0.15, -0.1) is 0 Å². The zero-order valence-electron chi connectivity index (χ0n) is 18.3. The van der Waals surface area contributed by atoms with Crippen LogP contribution in [0.4, 0.5) is 17.5 Å². The number of nitrogens with zero attached hydrogens (tertiary/aromatic N) is 6. The average Bonchev–Trinajstić information content (AvgIpc) is 3.28. The molecule has 2 aromatic rings. The number of aromatic nitrogens is 4. The van der Waals surface area contributed by atoms with Crippen molar-refractivity contribution >= 4 is 17.5 Å². The molecule has 0 spiro atoms. The SMILES string of the molecule is CCCCCCn1cc[n+](CCCN)c1/N=N/c1cnn(CCCCCC)c1N. The van der Waals surface area contributed by atoms with E-state index in [0.29, 0.717) is 18.1 Å². The van der Waals surface area contributed by atoms with Crippen LogP contribution in [0.5, 0.6) is 0 Å². The first kappa shape index (κ1) is 23.1. The summed E-state index contributed by atoms with van der Waals surface area (Å²) in [5, 5.41) is 13.4. The summed E-state index contributed by atoms with van der Waals surface area (Å²) in [6.45, 7) is 7.69. The Kier molecular flexibility index (Phi) is 10.4. The molecule has 8 nitrogen and oxygen atoms in total. The number of aryl methyl sites for hydroxylation is 3. The second-order valence-corrected chi connectivity index (χ2v) is 7.59. The standard InChI is InChI=1S/C21H38N8/c1-3-5-7-9-13-27-16-17-28(14-11-12-22)21(27)26-25-19-18-24-29(20(19)23)15-10-8-6-4-2/h16-18,23H,3-15,22H2,1-2H3/p+1. The lowest BCUT2D eigenvalue weighted by atomic mass is 10.2. The van der Waals surface area contributed by atoms with Gasteiger partial charge < -0.3 is 11.5 Å². The highest BCUT2D eigenvalue weighted by Gasteiger charge is 2.17. The van der Waals surface area contributed by atoms with E-state index in [0.717, 1.165) is 44.8 Å². The maximum Gasteiger partial charge on any atom is 0.421 e. The molecule has 0 radical (unpaired) electrons. The molecular weight excluding hydrogens is 364 g/mol. The Morgan fingerprint density at radius 3 is 2.38 bits per heavy atom. The fraction of sp³-hybridized carbons (Fsp3) is 0.714. The smallest absolute Gasteiger partial charge is 0.382 e. The highest BCUT2D eigenvalue weighted by Crippen LogP contribution is 2.24. The van der Waals surface area contributed by atoms with Gasteiger partial charge in [-0.05, 0) is 25.8 Å². The van der Waals surface area contributed by atoms with Crippen LogP contribution in [-0.4, -0.2) is 20.9 Å². The quantitative estimate of drug-likeness (QED) is 0.260. The number of nitrogens with two attached hydrogens (primary N) is 2. The van der Waals surface area contributed by atoms with Crippen LogP contribution >= 0.6 is 0 Å². The van der Waals surface area contributed by atoms with Crippen LogP contribution in [0.2, 0.25) is 0 Å². The Morgan fingerprint density at radius 1 is 0.966 bits per heavy atom. The van der Waals surface area contributed by atoms with Crippen molar-refractivity contribution in [1.82, 2.24) is 14.3 Å². The van der Waals surface area contributed by atoms with Crippen LogP contribution in [0, 0.1) is 0 Å². The Labute approximate surface area is 175 Å². The van der Waals surface area contributed by atoms with Crippen molar-refractivity contribution in [3.8, 4) is 0 Å². The molecule has 0 atom stereocenters. The van der Waals surface area contributed by atoms with Gasteiger partial charge in [0, 0.05) is 11.7 Å². The Balaban J connectivity index is 2.08. The predicted octanol–water partition coefficient (Wildman–Crippen LogP) is 4.48. The number of rotatable bonds is 15. The van der Waals surface area contributed by atoms with E-state index in [2.05, 4.69) is 50.7 Å². The zero-order chi connectivity index (χ0) is 20.9. The molecule has 0 aromatic carbocycles. The van der Waals surface area contributed by atoms with Crippen LogP contribution < -0.4 is 16.0 Å². The predicted molar refractivity (Wildman–Crippen MR) is 117 cm³/mol. The summed E-state index contributed by atoms with van der Waals surface area (Å²) in [5.74, 6) is 1.42. The summed E-state index contributed by atoms with van der Waals surface area (Å²) in [4.78, 5) is 0. The van der Waals surface area contributed by atoms with E-state index in [9.17, 15) is 0 Å². The molecule has 2 heterocycles. The molecule has 0 amide bonds. The van der Waals surface area contributed by atoms with Crippen molar-refractivity contribution in [2.24, 2.45) is 16.0 Å². The van der Waals surface area contributed by atoms with Gasteiger partial charge in [-0.3, -0.25) is 0 Å². The molecule has 8 heteroatoms. The molecule has 0 aliphatic rings. The lowest BCUT2D eigenvalue weighted by molar-refractivity contribution is -0.683.